The Morgan fingerprint density at radius 3 is 3.06 bits per heavy atom. The van der Waals surface area contributed by atoms with Gasteiger partial charge in [-0.25, -0.2) is 10.8 Å². The van der Waals surface area contributed by atoms with Crippen LogP contribution in [-0.2, 0) is 4.74 Å². The van der Waals surface area contributed by atoms with E-state index in [1.165, 1.54) is 6.20 Å². The van der Waals surface area contributed by atoms with Gasteiger partial charge in [-0.2, -0.15) is 0 Å². The van der Waals surface area contributed by atoms with Gasteiger partial charge in [0.15, 0.2) is 0 Å². The molecule has 2 rings (SSSR count). The van der Waals surface area contributed by atoms with Gasteiger partial charge in [-0.3, -0.25) is 4.79 Å². The van der Waals surface area contributed by atoms with Crippen LogP contribution in [0.2, 0.25) is 0 Å². The Labute approximate surface area is 106 Å². The molecule has 4 N–H and O–H groups in total. The Kier molecular flexibility index (Phi) is 4.49. The Hall–Kier alpha value is -1.66. The molecule has 1 fully saturated rings. The summed E-state index contributed by atoms with van der Waals surface area (Å²) in [5.74, 6) is 6.04. The molecule has 1 aromatic rings. The lowest BCUT2D eigenvalue weighted by molar-refractivity contribution is 0.0536. The zero-order chi connectivity index (χ0) is 12.8. The number of nitrogens with two attached hydrogens (primary N) is 1. The molecular formula is C12H18N4O2. The summed E-state index contributed by atoms with van der Waals surface area (Å²) < 4.78 is 5.36. The molecule has 18 heavy (non-hydrogen) atoms. The summed E-state index contributed by atoms with van der Waals surface area (Å²) >= 11 is 0. The van der Waals surface area contributed by atoms with Gasteiger partial charge in [0.1, 0.15) is 5.82 Å². The van der Waals surface area contributed by atoms with Crippen LogP contribution in [-0.4, -0.2) is 30.6 Å². The number of nitrogens with one attached hydrogen (secondary N) is 2. The number of nitrogens with zero attached hydrogens (tertiary/aromatic N) is 1. The second-order valence-electron chi connectivity index (χ2n) is 4.37. The van der Waals surface area contributed by atoms with E-state index in [0.29, 0.717) is 23.8 Å². The van der Waals surface area contributed by atoms with E-state index in [1.807, 2.05) is 0 Å². The van der Waals surface area contributed by atoms with E-state index in [-0.39, 0.29) is 5.91 Å². The summed E-state index contributed by atoms with van der Waals surface area (Å²) in [7, 11) is 0. The minimum atomic E-state index is -0.114. The highest BCUT2D eigenvalue weighted by Gasteiger charge is 2.15. The van der Waals surface area contributed by atoms with Gasteiger partial charge in [0.2, 0.25) is 0 Å². The average molecular weight is 250 g/mol. The maximum Gasteiger partial charge on any atom is 0.252 e. The third-order valence-electron chi connectivity index (χ3n) is 2.98. The Bertz CT molecular complexity index is 388. The number of nitrogen functional groups attached to an aromatic ring is 1. The molecule has 2 heterocycles. The predicted molar refractivity (Wildman–Crippen MR) is 67.9 cm³/mol. The first-order valence-corrected chi connectivity index (χ1v) is 6.08. The van der Waals surface area contributed by atoms with E-state index in [9.17, 15) is 4.79 Å². The number of carbonyl (C=O) groups excluding carboxylic acids is 1. The molecule has 98 valence electrons. The van der Waals surface area contributed by atoms with Gasteiger partial charge in [0.25, 0.3) is 5.91 Å². The number of aromatic nitrogens is 1. The van der Waals surface area contributed by atoms with Crippen molar-refractivity contribution in [1.82, 2.24) is 10.3 Å². The predicted octanol–water partition coefficient (Wildman–Crippen LogP) is 0.524. The Morgan fingerprint density at radius 1 is 1.56 bits per heavy atom. The summed E-state index contributed by atoms with van der Waals surface area (Å²) in [6, 6.07) is 3.35. The van der Waals surface area contributed by atoms with Crippen molar-refractivity contribution in [2.24, 2.45) is 11.8 Å². The fraction of sp³-hybridized carbons (Fsp3) is 0.500. The molecule has 0 saturated carbocycles. The van der Waals surface area contributed by atoms with Crippen molar-refractivity contribution in [1.29, 1.82) is 0 Å². The van der Waals surface area contributed by atoms with Gasteiger partial charge < -0.3 is 15.5 Å². The van der Waals surface area contributed by atoms with E-state index < -0.39 is 0 Å². The quantitative estimate of drug-likeness (QED) is 0.535. The van der Waals surface area contributed by atoms with Gasteiger partial charge >= 0.3 is 0 Å². The van der Waals surface area contributed by atoms with Crippen molar-refractivity contribution < 1.29 is 9.53 Å². The number of pyridine rings is 1. The van der Waals surface area contributed by atoms with E-state index in [1.54, 1.807) is 12.1 Å². The number of anilines is 1. The second kappa shape index (κ2) is 6.32. The van der Waals surface area contributed by atoms with Gasteiger partial charge in [-0.05, 0) is 30.9 Å². The zero-order valence-corrected chi connectivity index (χ0v) is 10.2. The van der Waals surface area contributed by atoms with Crippen LogP contribution < -0.4 is 16.6 Å². The standard InChI is InChI=1S/C12H18N4O2/c13-16-11-4-3-10(7-14-11)12(17)15-6-9-2-1-5-18-8-9/h3-4,7,9H,1-2,5-6,8,13H2,(H,14,16)(H,15,17). The summed E-state index contributed by atoms with van der Waals surface area (Å²) in [5, 5.41) is 2.90. The van der Waals surface area contributed by atoms with E-state index in [0.717, 1.165) is 26.1 Å². The van der Waals surface area contributed by atoms with Crippen LogP contribution in [0.3, 0.4) is 0 Å². The van der Waals surface area contributed by atoms with Crippen LogP contribution in [0.4, 0.5) is 5.82 Å². The molecule has 0 aliphatic carbocycles. The van der Waals surface area contributed by atoms with Gasteiger partial charge in [0, 0.05) is 19.3 Å². The molecule has 6 nitrogen and oxygen atoms in total. The number of ether oxygens (including phenoxy) is 1. The lowest BCUT2D eigenvalue weighted by Crippen LogP contribution is -2.33. The zero-order valence-electron chi connectivity index (χ0n) is 10.2. The summed E-state index contributed by atoms with van der Waals surface area (Å²) in [6.07, 6.45) is 3.68. The Morgan fingerprint density at radius 2 is 2.44 bits per heavy atom. The molecule has 6 heteroatoms. The molecule has 1 saturated heterocycles. The molecule has 1 aromatic heterocycles. The number of carbonyl (C=O) groups is 1. The first-order chi connectivity index (χ1) is 8.79. The second-order valence-corrected chi connectivity index (χ2v) is 4.37. The van der Waals surface area contributed by atoms with E-state index in [2.05, 4.69) is 15.7 Å². The van der Waals surface area contributed by atoms with E-state index in [4.69, 9.17) is 10.6 Å². The van der Waals surface area contributed by atoms with Crippen LogP contribution in [0.15, 0.2) is 18.3 Å². The van der Waals surface area contributed by atoms with Gasteiger partial charge in [-0.1, -0.05) is 0 Å². The van der Waals surface area contributed by atoms with Crippen molar-refractivity contribution >= 4 is 11.7 Å². The monoisotopic (exact) mass is 250 g/mol. The average Bonchev–Trinajstić information content (AvgIpc) is 2.46. The lowest BCUT2D eigenvalue weighted by Gasteiger charge is -2.22. The topological polar surface area (TPSA) is 89.3 Å². The van der Waals surface area contributed by atoms with Crippen LogP contribution in [0.5, 0.6) is 0 Å². The number of hydrazine groups is 1. The van der Waals surface area contributed by atoms with Crippen molar-refractivity contribution in [3.05, 3.63) is 23.9 Å². The van der Waals surface area contributed by atoms with Crippen molar-refractivity contribution in [2.45, 2.75) is 12.8 Å². The molecule has 1 aliphatic rings. The summed E-state index contributed by atoms with van der Waals surface area (Å²) in [6.45, 7) is 2.21. The highest BCUT2D eigenvalue weighted by Crippen LogP contribution is 2.12. The maximum absolute atomic E-state index is 11.8. The minimum absolute atomic E-state index is 0.114. The molecule has 0 spiro atoms. The molecule has 1 atom stereocenters. The number of rotatable bonds is 4. The first-order valence-electron chi connectivity index (χ1n) is 6.08. The van der Waals surface area contributed by atoms with E-state index >= 15 is 0 Å². The van der Waals surface area contributed by atoms with Crippen LogP contribution >= 0.6 is 0 Å². The molecule has 1 aliphatic heterocycles. The third-order valence-corrected chi connectivity index (χ3v) is 2.98. The third kappa shape index (κ3) is 3.41. The normalized spacial score (nSPS) is 19.3. The molecule has 0 bridgehead atoms. The highest BCUT2D eigenvalue weighted by atomic mass is 16.5. The number of hydrogen-bond donors (Lipinski definition) is 3. The fourth-order valence-electron chi connectivity index (χ4n) is 1.92. The smallest absolute Gasteiger partial charge is 0.252 e. The summed E-state index contributed by atoms with van der Waals surface area (Å²) in [5.41, 5.74) is 2.95. The van der Waals surface area contributed by atoms with Crippen molar-refractivity contribution in [3.8, 4) is 0 Å². The SMILES string of the molecule is NNc1ccc(C(=O)NCC2CCCOC2)cn1. The van der Waals surface area contributed by atoms with Crippen molar-refractivity contribution in [3.63, 3.8) is 0 Å². The van der Waals surface area contributed by atoms with Crippen LogP contribution in [0.25, 0.3) is 0 Å². The lowest BCUT2D eigenvalue weighted by atomic mass is 10.0. The van der Waals surface area contributed by atoms with Crippen LogP contribution in [0, 0.1) is 5.92 Å². The summed E-state index contributed by atoms with van der Waals surface area (Å²) in [4.78, 5) is 15.8. The molecule has 1 amide bonds. The molecule has 1 unspecified atom stereocenters. The number of hydrogen-bond acceptors (Lipinski definition) is 5. The maximum atomic E-state index is 11.8. The highest BCUT2D eigenvalue weighted by molar-refractivity contribution is 5.94. The molecule has 0 aromatic carbocycles. The molecular weight excluding hydrogens is 232 g/mol. The largest absolute Gasteiger partial charge is 0.381 e. The number of amides is 1. The van der Waals surface area contributed by atoms with Crippen molar-refractivity contribution in [2.75, 3.05) is 25.2 Å². The first kappa shape index (κ1) is 12.8. The molecule has 0 radical (unpaired) electrons. The Balaban J connectivity index is 1.82. The van der Waals surface area contributed by atoms with Crippen LogP contribution in [0.1, 0.15) is 23.2 Å². The fourth-order valence-corrected chi connectivity index (χ4v) is 1.92. The van der Waals surface area contributed by atoms with Gasteiger partial charge in [0.05, 0.1) is 12.2 Å². The van der Waals surface area contributed by atoms with Gasteiger partial charge in [-0.15, -0.1) is 0 Å². The minimum Gasteiger partial charge on any atom is -0.381 e.